The normalized spacial score (nSPS) is 24.3. The zero-order chi connectivity index (χ0) is 20.0. The number of aromatic nitrogens is 4. The molecule has 4 heterocycles. The Labute approximate surface area is 165 Å². The minimum absolute atomic E-state index is 0.0685. The van der Waals surface area contributed by atoms with E-state index in [2.05, 4.69) is 15.0 Å². The van der Waals surface area contributed by atoms with Crippen molar-refractivity contribution in [2.24, 2.45) is 0 Å². The topological polar surface area (TPSA) is 129 Å². The van der Waals surface area contributed by atoms with Crippen LogP contribution in [0.25, 0.3) is 21.9 Å². The van der Waals surface area contributed by atoms with E-state index in [4.69, 9.17) is 15.2 Å². The van der Waals surface area contributed by atoms with Crippen LogP contribution in [-0.2, 0) is 4.74 Å². The predicted molar refractivity (Wildman–Crippen MR) is 105 cm³/mol. The number of nitrogens with zero attached hydrogens (tertiary/aromatic N) is 4. The highest BCUT2D eigenvalue weighted by Crippen LogP contribution is 2.33. The summed E-state index contributed by atoms with van der Waals surface area (Å²) >= 11 is 0. The van der Waals surface area contributed by atoms with Gasteiger partial charge in [-0.3, -0.25) is 4.98 Å². The maximum absolute atomic E-state index is 10.6. The number of fused-ring (bicyclic) bond motifs is 2. The first kappa shape index (κ1) is 17.8. The second kappa shape index (κ2) is 6.96. The molecule has 0 saturated carbocycles. The molecule has 0 unspecified atom stereocenters. The molecule has 4 N–H and O–H groups in total. The largest absolute Gasteiger partial charge is 0.490 e. The molecule has 9 heteroatoms. The van der Waals surface area contributed by atoms with E-state index in [1.807, 2.05) is 30.3 Å². The number of hydrogen-bond acceptors (Lipinski definition) is 8. The van der Waals surface area contributed by atoms with Gasteiger partial charge in [-0.15, -0.1) is 0 Å². The van der Waals surface area contributed by atoms with Crippen LogP contribution in [0.3, 0.4) is 0 Å². The second-order valence-corrected chi connectivity index (χ2v) is 6.90. The lowest BCUT2D eigenvalue weighted by Gasteiger charge is -2.17. The Morgan fingerprint density at radius 2 is 1.93 bits per heavy atom. The third-order valence-corrected chi connectivity index (χ3v) is 5.16. The van der Waals surface area contributed by atoms with Crippen LogP contribution in [0.5, 0.6) is 5.75 Å². The number of ether oxygens (including phenoxy) is 2. The number of nitrogens with two attached hydrogens (primary N) is 1. The molecule has 1 aliphatic heterocycles. The van der Waals surface area contributed by atoms with Crippen LogP contribution < -0.4 is 10.5 Å². The Kier molecular flexibility index (Phi) is 4.27. The van der Waals surface area contributed by atoms with Gasteiger partial charge in [0.15, 0.2) is 6.23 Å². The SMILES string of the molecule is Nc1ncnc2c1ccn2[C@@H]1O[C@H](COc2cccc3ncccc23)[C@@H](O)[C@H]1O. The molecule has 4 aromatic rings. The molecule has 29 heavy (non-hydrogen) atoms. The Hall–Kier alpha value is -3.27. The van der Waals surface area contributed by atoms with Crippen molar-refractivity contribution in [1.82, 2.24) is 19.5 Å². The summed E-state index contributed by atoms with van der Waals surface area (Å²) in [5.41, 5.74) is 7.21. The molecule has 1 saturated heterocycles. The average molecular weight is 393 g/mol. The van der Waals surface area contributed by atoms with E-state index in [-0.39, 0.29) is 6.61 Å². The van der Waals surface area contributed by atoms with Gasteiger partial charge < -0.3 is 30.0 Å². The highest BCUT2D eigenvalue weighted by atomic mass is 16.6. The lowest BCUT2D eigenvalue weighted by Crippen LogP contribution is -2.34. The first-order chi connectivity index (χ1) is 14.1. The van der Waals surface area contributed by atoms with E-state index in [1.165, 1.54) is 6.33 Å². The van der Waals surface area contributed by atoms with Crippen LogP contribution in [0.4, 0.5) is 5.82 Å². The summed E-state index contributed by atoms with van der Waals surface area (Å²) in [5.74, 6) is 0.975. The van der Waals surface area contributed by atoms with E-state index in [1.54, 1.807) is 23.0 Å². The van der Waals surface area contributed by atoms with Gasteiger partial charge in [-0.25, -0.2) is 9.97 Å². The van der Waals surface area contributed by atoms with E-state index >= 15 is 0 Å². The van der Waals surface area contributed by atoms with Crippen molar-refractivity contribution in [1.29, 1.82) is 0 Å². The van der Waals surface area contributed by atoms with Gasteiger partial charge in [0.05, 0.1) is 10.9 Å². The molecule has 1 fully saturated rings. The minimum atomic E-state index is -1.15. The summed E-state index contributed by atoms with van der Waals surface area (Å²) in [6.45, 7) is 0.0685. The Morgan fingerprint density at radius 1 is 1.03 bits per heavy atom. The monoisotopic (exact) mass is 393 g/mol. The Bertz CT molecular complexity index is 1170. The molecular formula is C20H19N5O4. The first-order valence-corrected chi connectivity index (χ1v) is 9.18. The van der Waals surface area contributed by atoms with Gasteiger partial charge in [0, 0.05) is 17.8 Å². The summed E-state index contributed by atoms with van der Waals surface area (Å²) < 4.78 is 13.5. The van der Waals surface area contributed by atoms with Gasteiger partial charge in [0.1, 0.15) is 48.5 Å². The summed E-state index contributed by atoms with van der Waals surface area (Å²) in [4.78, 5) is 12.5. The van der Waals surface area contributed by atoms with Crippen LogP contribution in [-0.4, -0.2) is 54.7 Å². The van der Waals surface area contributed by atoms with Crippen LogP contribution >= 0.6 is 0 Å². The third-order valence-electron chi connectivity index (χ3n) is 5.16. The summed E-state index contributed by atoms with van der Waals surface area (Å²) in [7, 11) is 0. The fraction of sp³-hybridized carbons (Fsp3) is 0.250. The molecular weight excluding hydrogens is 374 g/mol. The molecule has 0 amide bonds. The highest BCUT2D eigenvalue weighted by Gasteiger charge is 2.44. The molecule has 9 nitrogen and oxygen atoms in total. The number of nitrogen functional groups attached to an aromatic ring is 1. The number of benzene rings is 1. The molecule has 1 aromatic carbocycles. The number of pyridine rings is 1. The third kappa shape index (κ3) is 2.96. The van der Waals surface area contributed by atoms with Gasteiger partial charge in [0.2, 0.25) is 0 Å². The zero-order valence-corrected chi connectivity index (χ0v) is 15.3. The molecule has 0 bridgehead atoms. The van der Waals surface area contributed by atoms with E-state index in [0.29, 0.717) is 22.6 Å². The number of anilines is 1. The molecule has 0 radical (unpaired) electrons. The van der Waals surface area contributed by atoms with Crippen molar-refractivity contribution < 1.29 is 19.7 Å². The van der Waals surface area contributed by atoms with Crippen molar-refractivity contribution >= 4 is 27.8 Å². The van der Waals surface area contributed by atoms with Gasteiger partial charge in [-0.2, -0.15) is 0 Å². The van der Waals surface area contributed by atoms with Crippen LogP contribution in [0.2, 0.25) is 0 Å². The lowest BCUT2D eigenvalue weighted by atomic mass is 10.1. The van der Waals surface area contributed by atoms with Crippen LogP contribution in [0, 0.1) is 0 Å². The van der Waals surface area contributed by atoms with Gasteiger partial charge in [-0.1, -0.05) is 6.07 Å². The molecule has 5 rings (SSSR count). The van der Waals surface area contributed by atoms with Crippen molar-refractivity contribution in [2.75, 3.05) is 12.3 Å². The molecule has 0 spiro atoms. The summed E-state index contributed by atoms with van der Waals surface area (Å²) in [5, 5.41) is 22.6. The van der Waals surface area contributed by atoms with E-state index in [9.17, 15) is 10.2 Å². The van der Waals surface area contributed by atoms with Crippen LogP contribution in [0.1, 0.15) is 6.23 Å². The first-order valence-electron chi connectivity index (χ1n) is 9.18. The standard InChI is InChI=1S/C20H19N5O4/c21-18-12-6-8-25(19(12)24-10-23-18)20-17(27)16(26)15(29-20)9-28-14-5-1-4-13-11(14)3-2-7-22-13/h1-8,10,15-17,20,26-27H,9H2,(H2,21,23,24)/t15-,16-,17-,20-/m1/s1. The summed E-state index contributed by atoms with van der Waals surface area (Å²) in [6, 6.07) is 11.1. The van der Waals surface area contributed by atoms with Crippen molar-refractivity contribution in [3.05, 3.63) is 55.1 Å². The fourth-order valence-corrected chi connectivity index (χ4v) is 3.67. The van der Waals surface area contributed by atoms with Crippen LogP contribution in [0.15, 0.2) is 55.1 Å². The molecule has 1 aliphatic rings. The van der Waals surface area contributed by atoms with Crippen molar-refractivity contribution in [3.8, 4) is 5.75 Å². The number of aliphatic hydroxyl groups excluding tert-OH is 2. The molecule has 0 aliphatic carbocycles. The quantitative estimate of drug-likeness (QED) is 0.473. The van der Waals surface area contributed by atoms with E-state index in [0.717, 1.165) is 10.9 Å². The van der Waals surface area contributed by atoms with Gasteiger partial charge >= 0.3 is 0 Å². The van der Waals surface area contributed by atoms with E-state index < -0.39 is 24.5 Å². The number of rotatable bonds is 4. The maximum atomic E-state index is 10.6. The minimum Gasteiger partial charge on any atom is -0.490 e. The zero-order valence-electron chi connectivity index (χ0n) is 15.3. The maximum Gasteiger partial charge on any atom is 0.164 e. The smallest absolute Gasteiger partial charge is 0.164 e. The Balaban J connectivity index is 1.38. The van der Waals surface area contributed by atoms with Gasteiger partial charge in [0.25, 0.3) is 0 Å². The van der Waals surface area contributed by atoms with Crippen molar-refractivity contribution in [2.45, 2.75) is 24.5 Å². The highest BCUT2D eigenvalue weighted by molar-refractivity contribution is 5.86. The second-order valence-electron chi connectivity index (χ2n) is 6.90. The average Bonchev–Trinajstić information content (AvgIpc) is 3.29. The predicted octanol–water partition coefficient (Wildman–Crippen LogP) is 1.26. The lowest BCUT2D eigenvalue weighted by molar-refractivity contribution is -0.0470. The molecule has 148 valence electrons. The van der Waals surface area contributed by atoms with Gasteiger partial charge in [-0.05, 0) is 30.3 Å². The van der Waals surface area contributed by atoms with Crippen molar-refractivity contribution in [3.63, 3.8) is 0 Å². The summed E-state index contributed by atoms with van der Waals surface area (Å²) in [6.07, 6.45) is 0.957. The fourth-order valence-electron chi connectivity index (χ4n) is 3.67. The number of hydrogen-bond donors (Lipinski definition) is 3. The Morgan fingerprint density at radius 3 is 2.83 bits per heavy atom. The molecule has 3 aromatic heterocycles. The number of aliphatic hydroxyl groups is 2. The molecule has 4 atom stereocenters.